The Morgan fingerprint density at radius 2 is 2.14 bits per heavy atom. The van der Waals surface area contributed by atoms with Crippen LogP contribution in [-0.4, -0.2) is 22.6 Å². The second kappa shape index (κ2) is 6.46. The first-order valence-electron chi connectivity index (χ1n) is 7.15. The van der Waals surface area contributed by atoms with Crippen LogP contribution >= 0.6 is 0 Å². The van der Waals surface area contributed by atoms with Gasteiger partial charge in [-0.3, -0.25) is 5.43 Å². The van der Waals surface area contributed by atoms with E-state index in [1.807, 2.05) is 4.90 Å². The molecule has 1 saturated heterocycles. The minimum atomic E-state index is -4.51. The molecule has 1 fully saturated rings. The molecule has 1 aliphatic heterocycles. The van der Waals surface area contributed by atoms with Gasteiger partial charge >= 0.3 is 6.18 Å². The Labute approximate surface area is 121 Å². The van der Waals surface area contributed by atoms with E-state index in [-0.39, 0.29) is 12.0 Å². The first-order valence-corrected chi connectivity index (χ1v) is 7.15. The van der Waals surface area contributed by atoms with Crippen LogP contribution in [-0.2, 0) is 6.18 Å². The number of nitrogens with zero attached hydrogens (tertiary/aromatic N) is 3. The van der Waals surface area contributed by atoms with Crippen molar-refractivity contribution >= 4 is 11.8 Å². The minimum Gasteiger partial charge on any atom is -0.353 e. The van der Waals surface area contributed by atoms with E-state index in [9.17, 15) is 13.2 Å². The van der Waals surface area contributed by atoms with E-state index < -0.39 is 11.9 Å². The second-order valence-electron chi connectivity index (χ2n) is 5.21. The zero-order valence-corrected chi connectivity index (χ0v) is 12.0. The predicted molar refractivity (Wildman–Crippen MR) is 74.7 cm³/mol. The molecule has 0 radical (unpaired) electrons. The van der Waals surface area contributed by atoms with Gasteiger partial charge in [0, 0.05) is 18.7 Å². The summed E-state index contributed by atoms with van der Waals surface area (Å²) in [7, 11) is 0. The van der Waals surface area contributed by atoms with Crippen molar-refractivity contribution in [2.45, 2.75) is 51.2 Å². The van der Waals surface area contributed by atoms with Gasteiger partial charge in [0.2, 0.25) is 5.95 Å². The molecule has 0 aliphatic carbocycles. The lowest BCUT2D eigenvalue weighted by atomic mass is 9.98. The fraction of sp³-hybridized carbons (Fsp3) is 0.692. The average molecular weight is 303 g/mol. The van der Waals surface area contributed by atoms with Crippen LogP contribution in [0.4, 0.5) is 24.9 Å². The topological polar surface area (TPSA) is 67.1 Å². The van der Waals surface area contributed by atoms with Gasteiger partial charge in [0.1, 0.15) is 5.82 Å². The number of anilines is 2. The normalized spacial score (nSPS) is 19.7. The smallest absolute Gasteiger partial charge is 0.353 e. The van der Waals surface area contributed by atoms with E-state index in [1.54, 1.807) is 0 Å². The molecule has 2 heterocycles. The molecule has 0 bridgehead atoms. The Hall–Kier alpha value is -1.57. The van der Waals surface area contributed by atoms with E-state index in [0.717, 1.165) is 38.2 Å². The van der Waals surface area contributed by atoms with E-state index in [1.165, 1.54) is 0 Å². The van der Waals surface area contributed by atoms with Crippen LogP contribution in [0.15, 0.2) is 6.07 Å². The average Bonchev–Trinajstić information content (AvgIpc) is 2.47. The van der Waals surface area contributed by atoms with E-state index >= 15 is 0 Å². The highest BCUT2D eigenvalue weighted by Crippen LogP contribution is 2.33. The van der Waals surface area contributed by atoms with Crippen molar-refractivity contribution < 1.29 is 13.2 Å². The zero-order valence-electron chi connectivity index (χ0n) is 12.0. The number of piperidine rings is 1. The third-order valence-corrected chi connectivity index (χ3v) is 3.68. The molecule has 1 aliphatic rings. The number of hydrazine groups is 1. The van der Waals surface area contributed by atoms with Crippen LogP contribution < -0.4 is 16.2 Å². The van der Waals surface area contributed by atoms with Gasteiger partial charge in [-0.15, -0.1) is 0 Å². The van der Waals surface area contributed by atoms with Gasteiger partial charge in [-0.05, 0) is 25.7 Å². The summed E-state index contributed by atoms with van der Waals surface area (Å²) in [6.07, 6.45) is 0.443. The third kappa shape index (κ3) is 3.75. The summed E-state index contributed by atoms with van der Waals surface area (Å²) in [5.74, 6) is 5.28. The lowest BCUT2D eigenvalue weighted by Crippen LogP contribution is -2.40. The molecule has 1 aromatic rings. The minimum absolute atomic E-state index is 0.208. The second-order valence-corrected chi connectivity index (χ2v) is 5.21. The van der Waals surface area contributed by atoms with Gasteiger partial charge in [-0.2, -0.15) is 18.2 Å². The van der Waals surface area contributed by atoms with Gasteiger partial charge in [-0.25, -0.2) is 10.8 Å². The van der Waals surface area contributed by atoms with E-state index in [4.69, 9.17) is 5.84 Å². The van der Waals surface area contributed by atoms with Crippen LogP contribution in [0, 0.1) is 0 Å². The summed E-state index contributed by atoms with van der Waals surface area (Å²) in [5.41, 5.74) is 1.15. The number of alkyl halides is 3. The number of aromatic nitrogens is 2. The molecule has 1 aromatic heterocycles. The molecule has 2 rings (SSSR count). The van der Waals surface area contributed by atoms with E-state index in [2.05, 4.69) is 22.3 Å². The maximum atomic E-state index is 12.9. The van der Waals surface area contributed by atoms with Crippen molar-refractivity contribution in [3.8, 4) is 0 Å². The first kappa shape index (κ1) is 15.8. The largest absolute Gasteiger partial charge is 0.433 e. The van der Waals surface area contributed by atoms with Crippen molar-refractivity contribution in [3.05, 3.63) is 11.8 Å². The molecule has 0 amide bonds. The molecule has 1 unspecified atom stereocenters. The standard InChI is InChI=1S/C13H20F3N5/c1-2-5-9-6-3-4-7-21(9)11-8-10(13(14,15)16)18-12(19-11)20-17/h8-9H,2-7,17H2,1H3,(H,18,19,20). The molecule has 3 N–H and O–H groups in total. The fourth-order valence-electron chi connectivity index (χ4n) is 2.73. The van der Waals surface area contributed by atoms with Crippen molar-refractivity contribution in [3.63, 3.8) is 0 Å². The highest BCUT2D eigenvalue weighted by Gasteiger charge is 2.35. The highest BCUT2D eigenvalue weighted by atomic mass is 19.4. The molecule has 21 heavy (non-hydrogen) atoms. The fourth-order valence-corrected chi connectivity index (χ4v) is 2.73. The maximum Gasteiger partial charge on any atom is 0.433 e. The number of hydrogen-bond acceptors (Lipinski definition) is 5. The Morgan fingerprint density at radius 1 is 1.38 bits per heavy atom. The summed E-state index contributed by atoms with van der Waals surface area (Å²) in [5, 5.41) is 0. The predicted octanol–water partition coefficient (Wildman–Crippen LogP) is 2.94. The summed E-state index contributed by atoms with van der Waals surface area (Å²) in [6, 6.07) is 1.24. The Bertz CT molecular complexity index is 475. The first-order chi connectivity index (χ1) is 9.95. The number of halogens is 3. The monoisotopic (exact) mass is 303 g/mol. The van der Waals surface area contributed by atoms with Gasteiger partial charge in [0.05, 0.1) is 0 Å². The summed E-state index contributed by atoms with van der Waals surface area (Å²) < 4.78 is 38.8. The summed E-state index contributed by atoms with van der Waals surface area (Å²) in [4.78, 5) is 9.44. The Balaban J connectivity index is 2.36. The van der Waals surface area contributed by atoms with Crippen molar-refractivity contribution in [1.29, 1.82) is 0 Å². The number of nitrogens with two attached hydrogens (primary N) is 1. The van der Waals surface area contributed by atoms with Crippen LogP contribution in [0.5, 0.6) is 0 Å². The molecule has 118 valence electrons. The van der Waals surface area contributed by atoms with Crippen LogP contribution in [0.1, 0.15) is 44.7 Å². The number of nitrogens with one attached hydrogen (secondary N) is 1. The van der Waals surface area contributed by atoms with Gasteiger partial charge in [-0.1, -0.05) is 13.3 Å². The van der Waals surface area contributed by atoms with Gasteiger partial charge < -0.3 is 4.90 Å². The zero-order chi connectivity index (χ0) is 15.5. The lowest BCUT2D eigenvalue weighted by Gasteiger charge is -2.37. The molecule has 8 heteroatoms. The Morgan fingerprint density at radius 3 is 2.76 bits per heavy atom. The number of nitrogen functional groups attached to an aromatic ring is 1. The molecule has 5 nitrogen and oxygen atoms in total. The molecular weight excluding hydrogens is 283 g/mol. The Kier molecular flexibility index (Phi) is 4.87. The van der Waals surface area contributed by atoms with Crippen molar-refractivity contribution in [1.82, 2.24) is 9.97 Å². The van der Waals surface area contributed by atoms with Gasteiger partial charge in [0.15, 0.2) is 5.69 Å². The van der Waals surface area contributed by atoms with Crippen molar-refractivity contribution in [2.24, 2.45) is 5.84 Å². The van der Waals surface area contributed by atoms with Crippen LogP contribution in [0.2, 0.25) is 0 Å². The lowest BCUT2D eigenvalue weighted by molar-refractivity contribution is -0.141. The number of hydrogen-bond donors (Lipinski definition) is 2. The highest BCUT2D eigenvalue weighted by molar-refractivity contribution is 5.46. The molecule has 0 saturated carbocycles. The van der Waals surface area contributed by atoms with Gasteiger partial charge in [0.25, 0.3) is 0 Å². The van der Waals surface area contributed by atoms with E-state index in [0.29, 0.717) is 12.4 Å². The van der Waals surface area contributed by atoms with Crippen molar-refractivity contribution in [2.75, 3.05) is 16.9 Å². The molecule has 0 aromatic carbocycles. The maximum absolute atomic E-state index is 12.9. The molecule has 1 atom stereocenters. The molecule has 0 spiro atoms. The molecular formula is C13H20F3N5. The number of rotatable bonds is 4. The summed E-state index contributed by atoms with van der Waals surface area (Å²) >= 11 is 0. The summed E-state index contributed by atoms with van der Waals surface area (Å²) in [6.45, 7) is 2.78. The van der Waals surface area contributed by atoms with Crippen LogP contribution in [0.3, 0.4) is 0 Å². The third-order valence-electron chi connectivity index (χ3n) is 3.68. The SMILES string of the molecule is CCCC1CCCCN1c1cc(C(F)(F)F)nc(NN)n1. The quantitative estimate of drug-likeness (QED) is 0.661. The van der Waals surface area contributed by atoms with Crippen LogP contribution in [0.25, 0.3) is 0 Å².